The van der Waals surface area contributed by atoms with Gasteiger partial charge in [-0.15, -0.1) is 0 Å². The minimum absolute atomic E-state index is 0.0252. The molecule has 2 fully saturated rings. The largest absolute Gasteiger partial charge is 0.381 e. The van der Waals surface area contributed by atoms with E-state index in [4.69, 9.17) is 4.74 Å². The molecule has 1 aromatic rings. The summed E-state index contributed by atoms with van der Waals surface area (Å²) in [5.41, 5.74) is 1.65. The lowest BCUT2D eigenvalue weighted by molar-refractivity contribution is -0.000675. The second-order valence-corrected chi connectivity index (χ2v) is 9.07. The topological polar surface area (TPSA) is 59.4 Å². The van der Waals surface area contributed by atoms with Crippen molar-refractivity contribution in [2.24, 2.45) is 12.5 Å². The van der Waals surface area contributed by atoms with Crippen LogP contribution in [-0.4, -0.2) is 60.0 Å². The summed E-state index contributed by atoms with van der Waals surface area (Å²) in [6, 6.07) is 1.92. The van der Waals surface area contributed by atoms with Crippen molar-refractivity contribution in [3.63, 3.8) is 0 Å². The Labute approximate surface area is 157 Å². The molecule has 26 heavy (non-hydrogen) atoms. The molecule has 2 aliphatic heterocycles. The molecule has 0 atom stereocenters. The van der Waals surface area contributed by atoms with E-state index in [0.717, 1.165) is 38.3 Å². The second kappa shape index (κ2) is 7.69. The van der Waals surface area contributed by atoms with Crippen LogP contribution in [0.15, 0.2) is 6.07 Å². The van der Waals surface area contributed by atoms with Crippen molar-refractivity contribution in [3.05, 3.63) is 17.5 Å². The number of aryl methyl sites for hydroxylation is 1. The Hall–Kier alpha value is -1.40. The Morgan fingerprint density at radius 2 is 1.92 bits per heavy atom. The number of likely N-dealkylation sites (tertiary alicyclic amines) is 1. The van der Waals surface area contributed by atoms with Crippen molar-refractivity contribution in [2.75, 3.05) is 39.4 Å². The number of nitrogens with zero attached hydrogens (tertiary/aromatic N) is 3. The average molecular weight is 363 g/mol. The van der Waals surface area contributed by atoms with Crippen molar-refractivity contribution in [1.82, 2.24) is 20.0 Å². The highest BCUT2D eigenvalue weighted by Crippen LogP contribution is 2.32. The van der Waals surface area contributed by atoms with Crippen LogP contribution in [0.1, 0.15) is 62.6 Å². The predicted molar refractivity (Wildman–Crippen MR) is 102 cm³/mol. The van der Waals surface area contributed by atoms with Gasteiger partial charge in [0.2, 0.25) is 0 Å². The number of rotatable bonds is 5. The first kappa shape index (κ1) is 19.4. The number of amides is 1. The van der Waals surface area contributed by atoms with Gasteiger partial charge >= 0.3 is 0 Å². The molecule has 0 spiro atoms. The van der Waals surface area contributed by atoms with Gasteiger partial charge in [-0.25, -0.2) is 0 Å². The number of carbonyl (C=O) groups excluding carboxylic acids is 1. The van der Waals surface area contributed by atoms with Gasteiger partial charge in [-0.1, -0.05) is 20.8 Å². The monoisotopic (exact) mass is 362 g/mol. The van der Waals surface area contributed by atoms with Crippen LogP contribution < -0.4 is 5.32 Å². The lowest BCUT2D eigenvalue weighted by Crippen LogP contribution is -2.48. The standard InChI is InChI=1S/C20H34N4O2/c1-19(2,3)17-13-16(23(4)22-17)18(25)21-14-20(7-11-26-12-8-20)15-24-9-5-6-10-24/h13H,5-12,14-15H2,1-4H3,(H,21,25). The van der Waals surface area contributed by atoms with Gasteiger partial charge in [-0.2, -0.15) is 5.10 Å². The molecule has 0 aromatic carbocycles. The first-order chi connectivity index (χ1) is 12.3. The summed E-state index contributed by atoms with van der Waals surface area (Å²) in [5.74, 6) is -0.0252. The maximum Gasteiger partial charge on any atom is 0.269 e. The van der Waals surface area contributed by atoms with E-state index in [1.807, 2.05) is 13.1 Å². The molecule has 2 saturated heterocycles. The molecule has 0 radical (unpaired) electrons. The van der Waals surface area contributed by atoms with Gasteiger partial charge in [0, 0.05) is 44.2 Å². The number of aromatic nitrogens is 2. The van der Waals surface area contributed by atoms with Crippen molar-refractivity contribution < 1.29 is 9.53 Å². The van der Waals surface area contributed by atoms with E-state index in [1.165, 1.54) is 25.9 Å². The van der Waals surface area contributed by atoms with Crippen molar-refractivity contribution >= 4 is 5.91 Å². The molecule has 0 unspecified atom stereocenters. The molecule has 6 heteroatoms. The summed E-state index contributed by atoms with van der Waals surface area (Å²) in [6.45, 7) is 12.1. The first-order valence-electron chi connectivity index (χ1n) is 9.92. The third-order valence-electron chi connectivity index (χ3n) is 5.82. The van der Waals surface area contributed by atoms with Crippen LogP contribution in [-0.2, 0) is 17.2 Å². The summed E-state index contributed by atoms with van der Waals surface area (Å²) in [6.07, 6.45) is 4.62. The molecular weight excluding hydrogens is 328 g/mol. The van der Waals surface area contributed by atoms with E-state index in [0.29, 0.717) is 12.2 Å². The van der Waals surface area contributed by atoms with Gasteiger partial charge in [-0.3, -0.25) is 9.48 Å². The summed E-state index contributed by atoms with van der Waals surface area (Å²) >= 11 is 0. The molecule has 0 saturated carbocycles. The zero-order valence-electron chi connectivity index (χ0n) is 16.8. The van der Waals surface area contributed by atoms with E-state index in [9.17, 15) is 4.79 Å². The number of carbonyl (C=O) groups is 1. The fraction of sp³-hybridized carbons (Fsp3) is 0.800. The second-order valence-electron chi connectivity index (χ2n) is 9.07. The lowest BCUT2D eigenvalue weighted by atomic mass is 9.79. The number of nitrogens with one attached hydrogen (secondary N) is 1. The molecule has 146 valence electrons. The van der Waals surface area contributed by atoms with Gasteiger partial charge in [0.15, 0.2) is 0 Å². The zero-order valence-corrected chi connectivity index (χ0v) is 16.8. The van der Waals surface area contributed by atoms with E-state index in [-0.39, 0.29) is 16.7 Å². The SMILES string of the molecule is Cn1nc(C(C)(C)C)cc1C(=O)NCC1(CN2CCCC2)CCOCC1. The summed E-state index contributed by atoms with van der Waals surface area (Å²) < 4.78 is 7.30. The third kappa shape index (κ3) is 4.46. The fourth-order valence-electron chi connectivity index (χ4n) is 4.01. The number of hydrogen-bond donors (Lipinski definition) is 1. The highest BCUT2D eigenvalue weighted by atomic mass is 16.5. The molecule has 0 bridgehead atoms. The van der Waals surface area contributed by atoms with Crippen LogP contribution in [0.4, 0.5) is 0 Å². The predicted octanol–water partition coefficient (Wildman–Crippen LogP) is 2.34. The van der Waals surface area contributed by atoms with Crippen LogP contribution in [0.25, 0.3) is 0 Å². The normalized spacial score (nSPS) is 21.1. The van der Waals surface area contributed by atoms with Gasteiger partial charge < -0.3 is 15.0 Å². The summed E-state index contributed by atoms with van der Waals surface area (Å²) in [4.78, 5) is 15.4. The van der Waals surface area contributed by atoms with Crippen LogP contribution in [0.3, 0.4) is 0 Å². The van der Waals surface area contributed by atoms with E-state index in [1.54, 1.807) is 4.68 Å². The van der Waals surface area contributed by atoms with E-state index < -0.39 is 0 Å². The van der Waals surface area contributed by atoms with E-state index in [2.05, 4.69) is 36.1 Å². The highest BCUT2D eigenvalue weighted by Gasteiger charge is 2.36. The fourth-order valence-corrected chi connectivity index (χ4v) is 4.01. The molecule has 3 rings (SSSR count). The molecule has 1 aromatic heterocycles. The molecule has 2 aliphatic rings. The Kier molecular flexibility index (Phi) is 5.72. The van der Waals surface area contributed by atoms with Gasteiger partial charge in [-0.05, 0) is 44.8 Å². The zero-order chi connectivity index (χ0) is 18.8. The quantitative estimate of drug-likeness (QED) is 0.873. The highest BCUT2D eigenvalue weighted by molar-refractivity contribution is 5.92. The summed E-state index contributed by atoms with van der Waals surface area (Å²) in [5, 5.41) is 7.73. The Balaban J connectivity index is 1.66. The van der Waals surface area contributed by atoms with Crippen LogP contribution >= 0.6 is 0 Å². The maximum atomic E-state index is 12.8. The molecule has 0 aliphatic carbocycles. The third-order valence-corrected chi connectivity index (χ3v) is 5.82. The smallest absolute Gasteiger partial charge is 0.269 e. The molecular formula is C20H34N4O2. The molecule has 1 N–H and O–H groups in total. The minimum Gasteiger partial charge on any atom is -0.381 e. The van der Waals surface area contributed by atoms with Gasteiger partial charge in [0.25, 0.3) is 5.91 Å². The van der Waals surface area contributed by atoms with Crippen LogP contribution in [0, 0.1) is 5.41 Å². The average Bonchev–Trinajstić information content (AvgIpc) is 3.23. The number of hydrogen-bond acceptors (Lipinski definition) is 4. The Bertz CT molecular complexity index is 620. The Morgan fingerprint density at radius 3 is 2.50 bits per heavy atom. The lowest BCUT2D eigenvalue weighted by Gasteiger charge is -2.40. The molecule has 1 amide bonds. The van der Waals surface area contributed by atoms with Crippen LogP contribution in [0.2, 0.25) is 0 Å². The number of ether oxygens (including phenoxy) is 1. The van der Waals surface area contributed by atoms with E-state index >= 15 is 0 Å². The molecule has 3 heterocycles. The van der Waals surface area contributed by atoms with Crippen LogP contribution in [0.5, 0.6) is 0 Å². The summed E-state index contributed by atoms with van der Waals surface area (Å²) in [7, 11) is 1.85. The first-order valence-corrected chi connectivity index (χ1v) is 9.92. The van der Waals surface area contributed by atoms with Crippen molar-refractivity contribution in [3.8, 4) is 0 Å². The van der Waals surface area contributed by atoms with Crippen molar-refractivity contribution in [2.45, 2.75) is 51.9 Å². The van der Waals surface area contributed by atoms with Gasteiger partial charge in [0.05, 0.1) is 5.69 Å². The van der Waals surface area contributed by atoms with Gasteiger partial charge in [0.1, 0.15) is 5.69 Å². The molecule has 6 nitrogen and oxygen atoms in total. The maximum absolute atomic E-state index is 12.8. The Morgan fingerprint density at radius 1 is 1.27 bits per heavy atom. The van der Waals surface area contributed by atoms with Crippen molar-refractivity contribution in [1.29, 1.82) is 0 Å². The minimum atomic E-state index is -0.0615.